The Morgan fingerprint density at radius 2 is 1.00 bits per heavy atom. The minimum atomic E-state index is 0.684. The minimum absolute atomic E-state index is 0.684. The third-order valence-corrected chi connectivity index (χ3v) is 3.57. The number of nitrogens with one attached hydrogen (secondary N) is 6. The van der Waals surface area contributed by atoms with Crippen molar-refractivity contribution in [2.75, 3.05) is 62.7 Å². The van der Waals surface area contributed by atoms with Gasteiger partial charge in [-0.1, -0.05) is 0 Å². The minimum Gasteiger partial charge on any atom is -0.316 e. The average Bonchev–Trinajstić information content (AvgIpc) is 3.30. The molecule has 0 unspecified atom stereocenters. The van der Waals surface area contributed by atoms with Crippen LogP contribution in [0.25, 0.3) is 0 Å². The van der Waals surface area contributed by atoms with Crippen LogP contribution in [0.4, 0.5) is 11.9 Å². The van der Waals surface area contributed by atoms with Gasteiger partial charge in [-0.05, 0) is 0 Å². The molecule has 0 radical (unpaired) electrons. The monoisotopic (exact) mass is 336 g/mol. The van der Waals surface area contributed by atoms with Crippen molar-refractivity contribution >= 4 is 11.9 Å². The van der Waals surface area contributed by atoms with Crippen molar-refractivity contribution < 1.29 is 0 Å². The summed E-state index contributed by atoms with van der Waals surface area (Å²) in [5, 5.41) is 27.2. The lowest BCUT2D eigenvalue weighted by atomic mass is 10.5. The Labute approximate surface area is 139 Å². The third kappa shape index (κ3) is 4.86. The first-order valence-corrected chi connectivity index (χ1v) is 7.97. The van der Waals surface area contributed by atoms with E-state index in [1.54, 1.807) is 0 Å². The van der Waals surface area contributed by atoms with Crippen LogP contribution < -0.4 is 31.1 Å². The summed E-state index contributed by atoms with van der Waals surface area (Å²) in [5.41, 5.74) is 0. The average molecular weight is 336 g/mol. The molecule has 0 spiro atoms. The first-order chi connectivity index (χ1) is 11.9. The highest BCUT2D eigenvalue weighted by Crippen LogP contribution is 2.02. The molecule has 0 atom stereocenters. The van der Waals surface area contributed by atoms with E-state index in [1.165, 1.54) is 12.7 Å². The zero-order chi connectivity index (χ0) is 16.5. The predicted octanol–water partition coefficient (Wildman–Crippen LogP) is -2.56. The molecule has 6 N–H and O–H groups in total. The fourth-order valence-electron chi connectivity index (χ4n) is 2.32. The second kappa shape index (κ2) is 9.12. The molecule has 3 heterocycles. The van der Waals surface area contributed by atoms with Crippen LogP contribution in [0.3, 0.4) is 0 Å². The van der Waals surface area contributed by atoms with Crippen LogP contribution in [0.15, 0.2) is 12.7 Å². The van der Waals surface area contributed by atoms with E-state index in [4.69, 9.17) is 0 Å². The fourth-order valence-corrected chi connectivity index (χ4v) is 2.32. The molecule has 1 saturated heterocycles. The van der Waals surface area contributed by atoms with Gasteiger partial charge in [0.05, 0.1) is 26.7 Å². The molecule has 24 heavy (non-hydrogen) atoms. The number of aromatic nitrogens is 6. The van der Waals surface area contributed by atoms with Crippen LogP contribution in [0.2, 0.25) is 0 Å². The van der Waals surface area contributed by atoms with Gasteiger partial charge in [-0.2, -0.15) is 20.2 Å². The molecule has 1 aliphatic heterocycles. The van der Waals surface area contributed by atoms with Crippen LogP contribution in [0.1, 0.15) is 0 Å². The highest BCUT2D eigenvalue weighted by atomic mass is 15.4. The molecule has 0 aliphatic carbocycles. The number of aromatic amines is 2. The molecule has 2 aromatic rings. The number of hydrogen-bond acceptors (Lipinski definition) is 10. The van der Waals surface area contributed by atoms with E-state index in [1.807, 2.05) is 0 Å². The quantitative estimate of drug-likeness (QED) is 0.347. The Hall–Kier alpha value is -2.28. The van der Waals surface area contributed by atoms with Gasteiger partial charge in [-0.25, -0.2) is 10.2 Å². The summed E-state index contributed by atoms with van der Waals surface area (Å²) >= 11 is 0. The van der Waals surface area contributed by atoms with Crippen molar-refractivity contribution in [2.24, 2.45) is 0 Å². The smallest absolute Gasteiger partial charge is 0.223 e. The van der Waals surface area contributed by atoms with Crippen LogP contribution in [0, 0.1) is 0 Å². The fraction of sp³-hybridized carbons (Fsp3) is 0.667. The maximum atomic E-state index is 4.21. The van der Waals surface area contributed by atoms with Gasteiger partial charge in [0, 0.05) is 26.2 Å². The number of anilines is 2. The first kappa shape index (κ1) is 16.6. The maximum Gasteiger partial charge on any atom is 0.223 e. The van der Waals surface area contributed by atoms with Crippen molar-refractivity contribution in [2.45, 2.75) is 0 Å². The van der Waals surface area contributed by atoms with E-state index in [2.05, 4.69) is 61.4 Å². The summed E-state index contributed by atoms with van der Waals surface area (Å²) in [7, 11) is 0. The standard InChI is InChI=1S/C12H24N12/c1-2-14-8-24(12-18-6-20-22-12)10-16-4-3-15-9-23(7-13-1)11-17-5-19-21-11/h5-6,13-16H,1-4,7-10H2,(H,17,19,21)(H,18,20,22). The van der Waals surface area contributed by atoms with Gasteiger partial charge in [0.25, 0.3) is 0 Å². The third-order valence-electron chi connectivity index (χ3n) is 3.57. The molecular weight excluding hydrogens is 312 g/mol. The van der Waals surface area contributed by atoms with Crippen LogP contribution in [0.5, 0.6) is 0 Å². The van der Waals surface area contributed by atoms with Gasteiger partial charge in [-0.15, -0.1) is 0 Å². The normalized spacial score (nSPS) is 19.2. The van der Waals surface area contributed by atoms with Gasteiger partial charge in [-0.3, -0.25) is 21.3 Å². The molecule has 0 aromatic carbocycles. The van der Waals surface area contributed by atoms with Gasteiger partial charge in [0.15, 0.2) is 0 Å². The first-order valence-electron chi connectivity index (χ1n) is 7.97. The summed E-state index contributed by atoms with van der Waals surface area (Å²) in [6.07, 6.45) is 3.03. The van der Waals surface area contributed by atoms with Crippen LogP contribution in [-0.2, 0) is 0 Å². The molecule has 1 fully saturated rings. The maximum absolute atomic E-state index is 4.21. The van der Waals surface area contributed by atoms with E-state index < -0.39 is 0 Å². The number of hydrogen-bond donors (Lipinski definition) is 6. The van der Waals surface area contributed by atoms with E-state index in [0.717, 1.165) is 38.1 Å². The lowest BCUT2D eigenvalue weighted by Crippen LogP contribution is -2.48. The predicted molar refractivity (Wildman–Crippen MR) is 89.2 cm³/mol. The lowest BCUT2D eigenvalue weighted by Gasteiger charge is -2.25. The van der Waals surface area contributed by atoms with Crippen molar-refractivity contribution in [3.8, 4) is 0 Å². The Morgan fingerprint density at radius 1 is 0.625 bits per heavy atom. The van der Waals surface area contributed by atoms with E-state index in [0.29, 0.717) is 26.7 Å². The number of nitrogens with zero attached hydrogens (tertiary/aromatic N) is 6. The lowest BCUT2D eigenvalue weighted by molar-refractivity contribution is 0.522. The molecule has 2 aromatic heterocycles. The Morgan fingerprint density at radius 3 is 1.29 bits per heavy atom. The Bertz CT molecular complexity index is 474. The van der Waals surface area contributed by atoms with E-state index in [-0.39, 0.29) is 0 Å². The highest BCUT2D eigenvalue weighted by Gasteiger charge is 2.10. The van der Waals surface area contributed by atoms with Crippen molar-refractivity contribution in [1.82, 2.24) is 51.6 Å². The highest BCUT2D eigenvalue weighted by molar-refractivity contribution is 5.26. The van der Waals surface area contributed by atoms with Crippen molar-refractivity contribution in [3.05, 3.63) is 12.7 Å². The second-order valence-corrected chi connectivity index (χ2v) is 5.33. The SMILES string of the molecule is c1n[nH]c(N2CNCCNCN(c3ncn[nH]3)CNCCNC2)n1. The zero-order valence-electron chi connectivity index (χ0n) is 13.5. The summed E-state index contributed by atoms with van der Waals surface area (Å²) in [4.78, 5) is 12.5. The largest absolute Gasteiger partial charge is 0.316 e. The van der Waals surface area contributed by atoms with E-state index in [9.17, 15) is 0 Å². The van der Waals surface area contributed by atoms with Crippen LogP contribution >= 0.6 is 0 Å². The zero-order valence-corrected chi connectivity index (χ0v) is 13.5. The molecule has 0 amide bonds. The molecule has 0 saturated carbocycles. The summed E-state index contributed by atoms with van der Waals surface area (Å²) in [5.74, 6) is 1.50. The summed E-state index contributed by atoms with van der Waals surface area (Å²) in [6.45, 7) is 6.08. The van der Waals surface area contributed by atoms with Gasteiger partial charge >= 0.3 is 0 Å². The topological polar surface area (TPSA) is 138 Å². The molecule has 132 valence electrons. The molecular formula is C12H24N12. The molecule has 3 rings (SSSR count). The molecule has 12 heteroatoms. The second-order valence-electron chi connectivity index (χ2n) is 5.33. The van der Waals surface area contributed by atoms with Gasteiger partial charge < -0.3 is 9.80 Å². The molecule has 1 aliphatic rings. The number of rotatable bonds is 2. The van der Waals surface area contributed by atoms with Crippen LogP contribution in [-0.4, -0.2) is 83.2 Å². The summed E-state index contributed by atoms with van der Waals surface area (Å²) in [6, 6.07) is 0. The van der Waals surface area contributed by atoms with Crippen molar-refractivity contribution in [1.29, 1.82) is 0 Å². The Kier molecular flexibility index (Phi) is 6.30. The Balaban J connectivity index is 1.51. The van der Waals surface area contributed by atoms with E-state index >= 15 is 0 Å². The summed E-state index contributed by atoms with van der Waals surface area (Å²) < 4.78 is 0. The molecule has 0 bridgehead atoms. The van der Waals surface area contributed by atoms with Crippen molar-refractivity contribution in [3.63, 3.8) is 0 Å². The van der Waals surface area contributed by atoms with Gasteiger partial charge in [0.1, 0.15) is 12.7 Å². The number of H-pyrrole nitrogens is 2. The molecule has 12 nitrogen and oxygen atoms in total. The van der Waals surface area contributed by atoms with Gasteiger partial charge in [0.2, 0.25) is 11.9 Å².